The van der Waals surface area contributed by atoms with Crippen LogP contribution in [0.4, 0.5) is 4.39 Å². The van der Waals surface area contributed by atoms with Crippen molar-refractivity contribution in [1.82, 2.24) is 20.4 Å². The van der Waals surface area contributed by atoms with Gasteiger partial charge in [-0.3, -0.25) is 0 Å². The van der Waals surface area contributed by atoms with Crippen LogP contribution in [-0.4, -0.2) is 28.2 Å². The average Bonchev–Trinajstić information content (AvgIpc) is 2.87. The molecular formula is C12H15FN4O. The summed E-state index contributed by atoms with van der Waals surface area (Å²) in [5, 5.41) is 6.98. The quantitative estimate of drug-likeness (QED) is 0.898. The highest BCUT2D eigenvalue weighted by atomic mass is 19.1. The van der Waals surface area contributed by atoms with Crippen LogP contribution in [0.5, 0.6) is 0 Å². The van der Waals surface area contributed by atoms with E-state index < -0.39 is 0 Å². The number of aromatic nitrogens is 3. The molecule has 2 unspecified atom stereocenters. The Bertz CT molecular complexity index is 511. The van der Waals surface area contributed by atoms with Gasteiger partial charge in [0.25, 0.3) is 0 Å². The first kappa shape index (κ1) is 12.6. The van der Waals surface area contributed by atoms with E-state index >= 15 is 0 Å². The molecule has 6 heteroatoms. The highest BCUT2D eigenvalue weighted by Crippen LogP contribution is 2.20. The lowest BCUT2D eigenvalue weighted by atomic mass is 10.0. The molecule has 2 atom stereocenters. The predicted molar refractivity (Wildman–Crippen MR) is 64.4 cm³/mol. The van der Waals surface area contributed by atoms with Crippen molar-refractivity contribution in [2.24, 2.45) is 0 Å². The van der Waals surface area contributed by atoms with E-state index in [0.29, 0.717) is 17.4 Å². The van der Waals surface area contributed by atoms with E-state index in [-0.39, 0.29) is 17.8 Å². The van der Waals surface area contributed by atoms with Gasteiger partial charge >= 0.3 is 0 Å². The van der Waals surface area contributed by atoms with Gasteiger partial charge in [-0.25, -0.2) is 9.37 Å². The van der Waals surface area contributed by atoms with Gasteiger partial charge in [0.15, 0.2) is 0 Å². The lowest BCUT2D eigenvalue weighted by Crippen LogP contribution is -2.27. The Balaban J connectivity index is 2.22. The molecule has 0 radical (unpaired) electrons. The molecule has 0 aliphatic rings. The van der Waals surface area contributed by atoms with E-state index in [9.17, 15) is 4.39 Å². The minimum atomic E-state index is -0.389. The lowest BCUT2D eigenvalue weighted by molar-refractivity contribution is 0.336. The molecule has 2 rings (SSSR count). The van der Waals surface area contributed by atoms with E-state index in [1.165, 1.54) is 12.1 Å². The van der Waals surface area contributed by atoms with Gasteiger partial charge in [-0.2, -0.15) is 4.98 Å². The Labute approximate surface area is 104 Å². The second-order valence-corrected chi connectivity index (χ2v) is 4.18. The van der Waals surface area contributed by atoms with Crippen molar-refractivity contribution in [3.05, 3.63) is 30.0 Å². The van der Waals surface area contributed by atoms with E-state index in [4.69, 9.17) is 4.52 Å². The zero-order valence-electron chi connectivity index (χ0n) is 10.5. The molecule has 0 aliphatic heterocycles. The molecule has 0 spiro atoms. The Hall–Kier alpha value is -1.82. The monoisotopic (exact) mass is 250 g/mol. The minimum Gasteiger partial charge on any atom is -0.339 e. The molecule has 0 aromatic carbocycles. The number of hydrogen-bond donors (Lipinski definition) is 1. The second kappa shape index (κ2) is 5.22. The van der Waals surface area contributed by atoms with Crippen molar-refractivity contribution in [2.45, 2.75) is 25.8 Å². The third-order valence-electron chi connectivity index (χ3n) is 2.99. The van der Waals surface area contributed by atoms with Gasteiger partial charge in [0.1, 0.15) is 11.5 Å². The molecule has 1 N–H and O–H groups in total. The first-order valence-corrected chi connectivity index (χ1v) is 5.74. The number of nitrogens with one attached hydrogen (secondary N) is 1. The maximum atomic E-state index is 12.8. The van der Waals surface area contributed by atoms with E-state index in [1.807, 2.05) is 20.9 Å². The molecule has 2 aromatic heterocycles. The van der Waals surface area contributed by atoms with Crippen LogP contribution < -0.4 is 5.32 Å². The van der Waals surface area contributed by atoms with Crippen LogP contribution in [0, 0.1) is 5.82 Å². The van der Waals surface area contributed by atoms with E-state index in [1.54, 1.807) is 0 Å². The third-order valence-corrected chi connectivity index (χ3v) is 2.99. The van der Waals surface area contributed by atoms with Gasteiger partial charge in [0.05, 0.1) is 12.1 Å². The van der Waals surface area contributed by atoms with Gasteiger partial charge in [-0.1, -0.05) is 12.1 Å². The Morgan fingerprint density at radius 3 is 2.72 bits per heavy atom. The number of likely N-dealkylation sites (N-methyl/N-ethyl adjacent to an activating group) is 1. The average molecular weight is 250 g/mol. The summed E-state index contributed by atoms with van der Waals surface area (Å²) in [7, 11) is 1.87. The van der Waals surface area contributed by atoms with Crippen LogP contribution in [0.15, 0.2) is 22.9 Å². The van der Waals surface area contributed by atoms with Crippen LogP contribution in [0.25, 0.3) is 11.5 Å². The highest BCUT2D eigenvalue weighted by molar-refractivity contribution is 5.47. The van der Waals surface area contributed by atoms with Crippen molar-refractivity contribution < 1.29 is 8.91 Å². The van der Waals surface area contributed by atoms with Crippen LogP contribution in [0.3, 0.4) is 0 Å². The summed E-state index contributed by atoms with van der Waals surface area (Å²) in [6.45, 7) is 4.03. The molecule has 0 aliphatic carbocycles. The van der Waals surface area contributed by atoms with Crippen LogP contribution in [-0.2, 0) is 0 Å². The molecule has 5 nitrogen and oxygen atoms in total. The third kappa shape index (κ3) is 2.53. The van der Waals surface area contributed by atoms with Crippen molar-refractivity contribution in [2.75, 3.05) is 7.05 Å². The van der Waals surface area contributed by atoms with Gasteiger partial charge in [-0.15, -0.1) is 0 Å². The summed E-state index contributed by atoms with van der Waals surface area (Å²) < 4.78 is 18.0. The summed E-state index contributed by atoms with van der Waals surface area (Å²) in [5.74, 6) is 0.620. The molecule has 0 fully saturated rings. The molecule has 2 aromatic rings. The lowest BCUT2D eigenvalue weighted by Gasteiger charge is -2.14. The van der Waals surface area contributed by atoms with Gasteiger partial charge < -0.3 is 9.84 Å². The SMILES string of the molecule is CNC(C)C(C)c1nc(-c2ccc(F)cn2)no1. The fourth-order valence-corrected chi connectivity index (χ4v) is 1.50. The van der Waals surface area contributed by atoms with Gasteiger partial charge in [0.2, 0.25) is 11.7 Å². The van der Waals surface area contributed by atoms with E-state index in [0.717, 1.165) is 6.20 Å². The second-order valence-electron chi connectivity index (χ2n) is 4.18. The first-order chi connectivity index (χ1) is 8.61. The summed E-state index contributed by atoms with van der Waals surface area (Å²) in [6.07, 6.45) is 1.13. The number of halogens is 1. The van der Waals surface area contributed by atoms with Crippen LogP contribution >= 0.6 is 0 Å². The molecule has 0 amide bonds. The normalized spacial score (nSPS) is 14.4. The van der Waals surface area contributed by atoms with Crippen LogP contribution in [0.2, 0.25) is 0 Å². The molecule has 96 valence electrons. The summed E-state index contributed by atoms with van der Waals surface area (Å²) >= 11 is 0. The predicted octanol–water partition coefficient (Wildman–Crippen LogP) is 1.98. The smallest absolute Gasteiger partial charge is 0.231 e. The highest BCUT2D eigenvalue weighted by Gasteiger charge is 2.20. The summed E-state index contributed by atoms with van der Waals surface area (Å²) in [5.41, 5.74) is 0.496. The zero-order chi connectivity index (χ0) is 13.1. The Kier molecular flexibility index (Phi) is 3.66. The maximum absolute atomic E-state index is 12.8. The number of pyridine rings is 1. The number of hydrogen-bond acceptors (Lipinski definition) is 5. The summed E-state index contributed by atoms with van der Waals surface area (Å²) in [4.78, 5) is 8.19. The Morgan fingerprint density at radius 2 is 2.11 bits per heavy atom. The minimum absolute atomic E-state index is 0.0942. The largest absolute Gasteiger partial charge is 0.339 e. The molecule has 18 heavy (non-hydrogen) atoms. The molecule has 0 saturated carbocycles. The first-order valence-electron chi connectivity index (χ1n) is 5.74. The van der Waals surface area contributed by atoms with Crippen molar-refractivity contribution in [3.8, 4) is 11.5 Å². The fourth-order valence-electron chi connectivity index (χ4n) is 1.50. The Morgan fingerprint density at radius 1 is 1.33 bits per heavy atom. The van der Waals surface area contributed by atoms with Crippen molar-refractivity contribution in [3.63, 3.8) is 0 Å². The number of nitrogens with zero attached hydrogens (tertiary/aromatic N) is 3. The molecular weight excluding hydrogens is 235 g/mol. The molecule has 2 heterocycles. The maximum Gasteiger partial charge on any atom is 0.231 e. The summed E-state index contributed by atoms with van der Waals surface area (Å²) in [6, 6.07) is 3.06. The fraction of sp³-hybridized carbons (Fsp3) is 0.417. The molecule has 0 bridgehead atoms. The van der Waals surface area contributed by atoms with Crippen LogP contribution in [0.1, 0.15) is 25.7 Å². The number of rotatable bonds is 4. The van der Waals surface area contributed by atoms with Gasteiger partial charge in [0, 0.05) is 6.04 Å². The zero-order valence-corrected chi connectivity index (χ0v) is 10.5. The van der Waals surface area contributed by atoms with E-state index in [2.05, 4.69) is 20.4 Å². The molecule has 0 saturated heterocycles. The van der Waals surface area contributed by atoms with Crippen molar-refractivity contribution in [1.29, 1.82) is 0 Å². The standard InChI is InChI=1S/C12H15FN4O/c1-7(8(2)14-3)12-16-11(17-18-12)10-5-4-9(13)6-15-10/h4-8,14H,1-3H3. The van der Waals surface area contributed by atoms with Crippen molar-refractivity contribution >= 4 is 0 Å². The van der Waals surface area contributed by atoms with Gasteiger partial charge in [-0.05, 0) is 26.1 Å². The topological polar surface area (TPSA) is 63.8 Å².